The van der Waals surface area contributed by atoms with Crippen LogP contribution in [0, 0.1) is 0 Å². The Labute approximate surface area is 201 Å². The number of aliphatic hydroxyl groups excluding tert-OH is 1. The molecule has 176 valence electrons. The molecule has 0 bridgehead atoms. The Hall–Kier alpha value is -3.45. The van der Waals surface area contributed by atoms with Gasteiger partial charge in [-0.3, -0.25) is 9.59 Å². The van der Waals surface area contributed by atoms with Crippen LogP contribution in [0.2, 0.25) is 5.02 Å². The molecular formula is C26H24ClNO6. The number of carbonyl (C=O) groups excluding carboxylic acids is 2. The number of hydrogen-bond acceptors (Lipinski definition) is 6. The van der Waals surface area contributed by atoms with Gasteiger partial charge in [-0.25, -0.2) is 0 Å². The summed E-state index contributed by atoms with van der Waals surface area (Å²) in [5.41, 5.74) is 0.879. The first-order chi connectivity index (χ1) is 16.4. The van der Waals surface area contributed by atoms with Crippen LogP contribution in [-0.2, 0) is 4.79 Å². The van der Waals surface area contributed by atoms with E-state index < -0.39 is 23.5 Å². The van der Waals surface area contributed by atoms with Crippen LogP contribution in [-0.4, -0.2) is 40.0 Å². The van der Waals surface area contributed by atoms with Crippen molar-refractivity contribution in [1.29, 1.82) is 0 Å². The van der Waals surface area contributed by atoms with E-state index in [0.29, 0.717) is 22.3 Å². The number of aliphatic hydroxyl groups is 1. The fourth-order valence-electron chi connectivity index (χ4n) is 5.05. The van der Waals surface area contributed by atoms with Gasteiger partial charge in [0.15, 0.2) is 22.9 Å². The number of carbonyl (C=O) groups is 2. The lowest BCUT2D eigenvalue weighted by atomic mass is 9.90. The Morgan fingerprint density at radius 2 is 1.88 bits per heavy atom. The van der Waals surface area contributed by atoms with Crippen LogP contribution in [0.3, 0.4) is 0 Å². The standard InChI is InChI=1S/C26H24ClNO6/c1-33-19-9-5-6-15-13-20(34-25(15)19)23(30)21-22(14-10-11-18(29)17(27)12-14)28(26(32)24(21)31)16-7-3-2-4-8-16/h5-6,9-13,16,22,29,31H,2-4,7-8H2,1H3. The molecule has 1 aliphatic heterocycles. The van der Waals surface area contributed by atoms with E-state index in [1.54, 1.807) is 35.2 Å². The quantitative estimate of drug-likeness (QED) is 0.452. The van der Waals surface area contributed by atoms with Crippen LogP contribution < -0.4 is 4.74 Å². The summed E-state index contributed by atoms with van der Waals surface area (Å²) in [7, 11) is 1.51. The lowest BCUT2D eigenvalue weighted by molar-refractivity contribution is -0.132. The van der Waals surface area contributed by atoms with Gasteiger partial charge in [0.1, 0.15) is 5.75 Å². The molecule has 1 amide bonds. The van der Waals surface area contributed by atoms with Crippen LogP contribution in [0.25, 0.3) is 11.0 Å². The number of furan rings is 1. The zero-order valence-electron chi connectivity index (χ0n) is 18.6. The van der Waals surface area contributed by atoms with E-state index in [4.69, 9.17) is 20.8 Å². The van der Waals surface area contributed by atoms with Crippen molar-refractivity contribution < 1.29 is 29.0 Å². The van der Waals surface area contributed by atoms with Crippen molar-refractivity contribution in [3.05, 3.63) is 70.1 Å². The minimum Gasteiger partial charge on any atom is -0.506 e. The second kappa shape index (κ2) is 8.72. The third-order valence-corrected chi connectivity index (χ3v) is 7.00. The Balaban J connectivity index is 1.63. The number of amides is 1. The van der Waals surface area contributed by atoms with E-state index in [0.717, 1.165) is 32.1 Å². The fourth-order valence-corrected chi connectivity index (χ4v) is 5.24. The van der Waals surface area contributed by atoms with E-state index >= 15 is 0 Å². The number of phenols is 1. The highest BCUT2D eigenvalue weighted by atomic mass is 35.5. The van der Waals surface area contributed by atoms with Crippen molar-refractivity contribution >= 4 is 34.3 Å². The monoisotopic (exact) mass is 481 g/mol. The number of hydrogen-bond donors (Lipinski definition) is 2. The lowest BCUT2D eigenvalue weighted by Gasteiger charge is -2.36. The predicted molar refractivity (Wildman–Crippen MR) is 126 cm³/mol. The predicted octanol–water partition coefficient (Wildman–Crippen LogP) is 5.71. The van der Waals surface area contributed by atoms with Crippen molar-refractivity contribution in [1.82, 2.24) is 4.90 Å². The fraction of sp³-hybridized carbons (Fsp3) is 0.308. The molecule has 0 radical (unpaired) electrons. The minimum absolute atomic E-state index is 0.00535. The number of aromatic hydroxyl groups is 1. The van der Waals surface area contributed by atoms with Gasteiger partial charge in [0.2, 0.25) is 5.78 Å². The highest BCUT2D eigenvalue weighted by Crippen LogP contribution is 2.44. The summed E-state index contributed by atoms with van der Waals surface area (Å²) >= 11 is 6.18. The smallest absolute Gasteiger partial charge is 0.290 e. The van der Waals surface area contributed by atoms with Crippen LogP contribution in [0.4, 0.5) is 0 Å². The van der Waals surface area contributed by atoms with Gasteiger partial charge in [-0.1, -0.05) is 49.1 Å². The van der Waals surface area contributed by atoms with E-state index in [1.807, 2.05) is 0 Å². The first-order valence-electron chi connectivity index (χ1n) is 11.3. The molecule has 2 heterocycles. The molecule has 1 atom stereocenters. The maximum absolute atomic E-state index is 13.7. The first-order valence-corrected chi connectivity index (χ1v) is 11.6. The summed E-state index contributed by atoms with van der Waals surface area (Å²) < 4.78 is 11.2. The van der Waals surface area contributed by atoms with Crippen molar-refractivity contribution in [2.45, 2.75) is 44.2 Å². The number of rotatable bonds is 5. The summed E-state index contributed by atoms with van der Waals surface area (Å²) in [6.07, 6.45) is 4.57. The number of fused-ring (bicyclic) bond motifs is 1. The lowest BCUT2D eigenvalue weighted by Crippen LogP contribution is -2.41. The zero-order chi connectivity index (χ0) is 24.0. The van der Waals surface area contributed by atoms with E-state index in [-0.39, 0.29) is 28.1 Å². The van der Waals surface area contributed by atoms with E-state index in [1.165, 1.54) is 19.2 Å². The second-order valence-electron chi connectivity index (χ2n) is 8.70. The summed E-state index contributed by atoms with van der Waals surface area (Å²) in [6.45, 7) is 0. The number of benzene rings is 2. The average molecular weight is 482 g/mol. The molecule has 2 aromatic carbocycles. The molecule has 2 aliphatic rings. The zero-order valence-corrected chi connectivity index (χ0v) is 19.3. The number of ketones is 1. The van der Waals surface area contributed by atoms with E-state index in [2.05, 4.69) is 0 Å². The Morgan fingerprint density at radius 3 is 2.59 bits per heavy atom. The van der Waals surface area contributed by atoms with Gasteiger partial charge in [-0.2, -0.15) is 0 Å². The molecule has 1 unspecified atom stereocenters. The van der Waals surface area contributed by atoms with Crippen LogP contribution >= 0.6 is 11.6 Å². The third-order valence-electron chi connectivity index (χ3n) is 6.70. The molecule has 7 nitrogen and oxygen atoms in total. The molecule has 1 fully saturated rings. The van der Waals surface area contributed by atoms with Gasteiger partial charge in [0.05, 0.1) is 23.7 Å². The Kier molecular flexibility index (Phi) is 5.73. The summed E-state index contributed by atoms with van der Waals surface area (Å²) in [6, 6.07) is 10.5. The molecule has 1 aliphatic carbocycles. The van der Waals surface area contributed by atoms with E-state index in [9.17, 15) is 19.8 Å². The van der Waals surface area contributed by atoms with Crippen molar-refractivity contribution in [3.63, 3.8) is 0 Å². The van der Waals surface area contributed by atoms with Crippen LogP contribution in [0.5, 0.6) is 11.5 Å². The van der Waals surface area contributed by atoms with Crippen molar-refractivity contribution in [2.75, 3.05) is 7.11 Å². The number of Topliss-reactive ketones (excluding diaryl/α,β-unsaturated/α-hetero) is 1. The summed E-state index contributed by atoms with van der Waals surface area (Å²) in [5, 5.41) is 21.6. The van der Waals surface area contributed by atoms with Gasteiger partial charge in [-0.05, 0) is 42.7 Å². The normalized spacial score (nSPS) is 19.3. The van der Waals surface area contributed by atoms with Crippen LogP contribution in [0.15, 0.2) is 58.2 Å². The number of halogens is 1. The molecule has 1 aromatic heterocycles. The molecule has 1 saturated carbocycles. The maximum Gasteiger partial charge on any atom is 0.290 e. The SMILES string of the molecule is COc1cccc2cc(C(=O)C3=C(O)C(=O)N(C4CCCCC4)C3c3ccc(O)c(Cl)c3)oc12. The second-order valence-corrected chi connectivity index (χ2v) is 9.11. The molecule has 0 saturated heterocycles. The molecule has 34 heavy (non-hydrogen) atoms. The number of methoxy groups -OCH3 is 1. The minimum atomic E-state index is -0.851. The van der Waals surface area contributed by atoms with Crippen LogP contribution in [0.1, 0.15) is 54.3 Å². The number of nitrogens with zero attached hydrogens (tertiary/aromatic N) is 1. The van der Waals surface area contributed by atoms with Gasteiger partial charge in [0.25, 0.3) is 5.91 Å². The van der Waals surface area contributed by atoms with Gasteiger partial charge < -0.3 is 24.3 Å². The van der Waals surface area contributed by atoms with Gasteiger partial charge >= 0.3 is 0 Å². The largest absolute Gasteiger partial charge is 0.506 e. The van der Waals surface area contributed by atoms with Gasteiger partial charge in [0, 0.05) is 11.4 Å². The molecule has 8 heteroatoms. The third kappa shape index (κ3) is 3.60. The van der Waals surface area contributed by atoms with Gasteiger partial charge in [-0.15, -0.1) is 0 Å². The average Bonchev–Trinajstić information content (AvgIpc) is 3.40. The number of phenolic OH excluding ortho intramolecular Hbond substituents is 1. The van der Waals surface area contributed by atoms with Crippen molar-refractivity contribution in [3.8, 4) is 11.5 Å². The molecule has 3 aromatic rings. The molecule has 5 rings (SSSR count). The number of para-hydroxylation sites is 1. The Bertz CT molecular complexity index is 1320. The summed E-state index contributed by atoms with van der Waals surface area (Å²) in [5.74, 6) is -1.39. The molecular weight excluding hydrogens is 458 g/mol. The highest BCUT2D eigenvalue weighted by molar-refractivity contribution is 6.32. The topological polar surface area (TPSA) is 100 Å². The Morgan fingerprint density at radius 1 is 1.12 bits per heavy atom. The summed E-state index contributed by atoms with van der Waals surface area (Å²) in [4.78, 5) is 28.6. The maximum atomic E-state index is 13.7. The number of ether oxygens (including phenoxy) is 1. The molecule has 2 N–H and O–H groups in total. The molecule has 0 spiro atoms. The highest BCUT2D eigenvalue weighted by Gasteiger charge is 2.47. The van der Waals surface area contributed by atoms with Crippen molar-refractivity contribution in [2.24, 2.45) is 0 Å². The first kappa shape index (κ1) is 22.3.